The molecule has 1 amide bonds. The van der Waals surface area contributed by atoms with Crippen LogP contribution in [-0.4, -0.2) is 119 Å². The number of Topliss-reactive ketones (excluding diaryl/α,β-unsaturated/α-hetero) is 1. The van der Waals surface area contributed by atoms with Crippen molar-refractivity contribution in [3.05, 3.63) is 28.6 Å². The lowest BCUT2D eigenvalue weighted by atomic mass is 9.90. The molecule has 0 radical (unpaired) electrons. The van der Waals surface area contributed by atoms with Crippen molar-refractivity contribution >= 4 is 62.6 Å². The Morgan fingerprint density at radius 3 is 2.51 bits per heavy atom. The maximum atomic E-state index is 14.6. The molecule has 1 unspecified atom stereocenters. The number of esters is 1. The summed E-state index contributed by atoms with van der Waals surface area (Å²) >= 11 is 8.59. The molecule has 1 aromatic carbocycles. The molecule has 65 heavy (non-hydrogen) atoms. The molecule has 0 spiro atoms. The SMILES string of the molecule is CCCCCC[C@@H]1C[C@]1(CC(=O)[C@@H]1C[C@@H](Oc2cc(-c3csc(NC(C)C)n3)nc3c(Cl)c(OCCN4CCOCC4)ccc23)CN1C(=O)[C@H](CC)CC(=O)OC1C[C@@H]2C[C@@H]2C1)C(=O)O. The number of ketones is 1. The summed E-state index contributed by atoms with van der Waals surface area (Å²) in [6.45, 7) is 12.4. The number of pyridine rings is 1. The zero-order valence-electron chi connectivity index (χ0n) is 38.4. The van der Waals surface area contributed by atoms with Crippen molar-refractivity contribution in [3.8, 4) is 22.9 Å². The minimum absolute atomic E-state index is 0.0715. The maximum absolute atomic E-state index is 14.6. The van der Waals surface area contributed by atoms with E-state index in [1.807, 2.05) is 44.4 Å². The topological polar surface area (TPSA) is 170 Å². The van der Waals surface area contributed by atoms with Crippen molar-refractivity contribution in [2.75, 3.05) is 51.3 Å². The molecule has 16 heteroatoms. The highest BCUT2D eigenvalue weighted by Gasteiger charge is 2.61. The molecule has 14 nitrogen and oxygen atoms in total. The normalized spacial score (nSPS) is 26.5. The number of carboxylic acid groups (broad SMARTS) is 1. The predicted octanol–water partition coefficient (Wildman–Crippen LogP) is 8.67. The van der Waals surface area contributed by atoms with Crippen molar-refractivity contribution in [2.24, 2.45) is 29.1 Å². The van der Waals surface area contributed by atoms with E-state index in [0.29, 0.717) is 83.3 Å². The van der Waals surface area contributed by atoms with Crippen LogP contribution in [0.3, 0.4) is 0 Å². The second kappa shape index (κ2) is 20.9. The Hall–Kier alpha value is -4.05. The summed E-state index contributed by atoms with van der Waals surface area (Å²) in [5.41, 5.74) is 0.464. The molecule has 5 fully saturated rings. The van der Waals surface area contributed by atoms with E-state index in [-0.39, 0.29) is 55.6 Å². The number of thiazole rings is 1. The second-order valence-corrected chi connectivity index (χ2v) is 20.6. The van der Waals surface area contributed by atoms with Crippen LogP contribution in [0.1, 0.15) is 111 Å². The Morgan fingerprint density at radius 2 is 1.78 bits per heavy atom. The average molecular weight is 937 g/mol. The molecule has 8 rings (SSSR count). The standard InChI is InChI=1S/C49H66ClN5O9S/c1-5-7-8-9-10-33-25-49(33,47(59)60)26-40(56)39-23-35(27-55(39)46(58)30(6-2)22-43(57)64-34-20-31-19-32(31)21-34)63-42-24-37(38-28-65-48(53-38)51-29(3)4)52-45-36(42)11-12-41(44(45)50)62-18-15-54-13-16-61-17-14-54/h11-12,24,28-35,39H,5-10,13-23,25-27H2,1-4H3,(H,51,53)(H,59,60)/t30-,31-,32+,33-,34?,35-,39+,49-/m1/s1. The third-order valence-corrected chi connectivity index (χ3v) is 15.5. The van der Waals surface area contributed by atoms with E-state index in [9.17, 15) is 24.3 Å². The van der Waals surface area contributed by atoms with Crippen LogP contribution in [0, 0.1) is 29.1 Å². The summed E-state index contributed by atoms with van der Waals surface area (Å²) in [4.78, 5) is 69.0. The number of halogens is 1. The van der Waals surface area contributed by atoms with Crippen LogP contribution < -0.4 is 14.8 Å². The van der Waals surface area contributed by atoms with E-state index in [2.05, 4.69) is 17.1 Å². The molecular formula is C49H66ClN5O9S. The fraction of sp³-hybridized carbons (Fsp3) is 0.673. The van der Waals surface area contributed by atoms with Crippen LogP contribution in [0.2, 0.25) is 5.02 Å². The third-order valence-electron chi connectivity index (χ3n) is 14.3. The Morgan fingerprint density at radius 1 is 1.00 bits per heavy atom. The van der Waals surface area contributed by atoms with E-state index in [4.69, 9.17) is 40.5 Å². The number of likely N-dealkylation sites (tertiary alicyclic amines) is 1. The van der Waals surface area contributed by atoms with E-state index < -0.39 is 35.4 Å². The van der Waals surface area contributed by atoms with Gasteiger partial charge in [0, 0.05) is 61.3 Å². The number of morpholine rings is 1. The second-order valence-electron chi connectivity index (χ2n) is 19.4. The first-order valence-electron chi connectivity index (χ1n) is 24.1. The minimum Gasteiger partial charge on any atom is -0.491 e. The van der Waals surface area contributed by atoms with Crippen LogP contribution in [0.5, 0.6) is 11.5 Å². The van der Waals surface area contributed by atoms with Gasteiger partial charge in [0.2, 0.25) is 5.91 Å². The zero-order chi connectivity index (χ0) is 45.8. The summed E-state index contributed by atoms with van der Waals surface area (Å²) in [7, 11) is 0. The van der Waals surface area contributed by atoms with Crippen molar-refractivity contribution in [3.63, 3.8) is 0 Å². The Balaban J connectivity index is 1.06. The van der Waals surface area contributed by atoms with E-state index >= 15 is 0 Å². The molecule has 2 aliphatic heterocycles. The van der Waals surface area contributed by atoms with Gasteiger partial charge < -0.3 is 34.3 Å². The van der Waals surface area contributed by atoms with Crippen LogP contribution >= 0.6 is 22.9 Å². The number of fused-ring (bicyclic) bond motifs is 2. The third kappa shape index (κ3) is 11.2. The number of aromatic nitrogens is 2. The number of carboxylic acids is 1. The fourth-order valence-corrected chi connectivity index (χ4v) is 11.5. The molecule has 5 aliphatic rings. The molecular weight excluding hydrogens is 870 g/mol. The van der Waals surface area contributed by atoms with Gasteiger partial charge in [-0.3, -0.25) is 24.1 Å². The summed E-state index contributed by atoms with van der Waals surface area (Å²) in [5.74, 6) is -0.539. The van der Waals surface area contributed by atoms with Crippen molar-refractivity contribution in [1.82, 2.24) is 19.8 Å². The number of nitrogens with one attached hydrogen (secondary N) is 1. The molecule has 0 bridgehead atoms. The van der Waals surface area contributed by atoms with Gasteiger partial charge in [-0.2, -0.15) is 0 Å². The summed E-state index contributed by atoms with van der Waals surface area (Å²) < 4.78 is 24.5. The van der Waals surface area contributed by atoms with Gasteiger partial charge in [0.1, 0.15) is 41.0 Å². The predicted molar refractivity (Wildman–Crippen MR) is 250 cm³/mol. The number of carbonyl (C=O) groups excluding carboxylic acids is 3. The van der Waals surface area contributed by atoms with Crippen molar-refractivity contribution < 1.29 is 43.2 Å². The van der Waals surface area contributed by atoms with Gasteiger partial charge >= 0.3 is 11.9 Å². The Kier molecular flexibility index (Phi) is 15.2. The molecule has 3 aliphatic carbocycles. The average Bonchev–Trinajstić information content (AvgIpc) is 3.94. The van der Waals surface area contributed by atoms with E-state index in [0.717, 1.165) is 69.7 Å². The van der Waals surface area contributed by atoms with Crippen molar-refractivity contribution in [1.29, 1.82) is 0 Å². The highest BCUT2D eigenvalue weighted by atomic mass is 35.5. The molecule has 3 aromatic rings. The lowest BCUT2D eigenvalue weighted by Gasteiger charge is -2.28. The lowest BCUT2D eigenvalue weighted by Crippen LogP contribution is -2.45. The number of ether oxygens (including phenoxy) is 4. The van der Waals surface area contributed by atoms with Gasteiger partial charge in [0.15, 0.2) is 10.9 Å². The highest BCUT2D eigenvalue weighted by Crippen LogP contribution is 2.58. The van der Waals surface area contributed by atoms with Crippen LogP contribution in [0.25, 0.3) is 22.3 Å². The number of hydrogen-bond donors (Lipinski definition) is 2. The number of unbranched alkanes of at least 4 members (excludes halogenated alkanes) is 3. The zero-order valence-corrected chi connectivity index (χ0v) is 39.9. The quantitative estimate of drug-likeness (QED) is 0.0685. The number of benzene rings is 1. The lowest BCUT2D eigenvalue weighted by molar-refractivity contribution is -0.154. The van der Waals surface area contributed by atoms with Gasteiger partial charge in [-0.1, -0.05) is 51.1 Å². The molecule has 4 heterocycles. The molecule has 2 N–H and O–H groups in total. The summed E-state index contributed by atoms with van der Waals surface area (Å²) in [5, 5.41) is 17.5. The van der Waals surface area contributed by atoms with Crippen molar-refractivity contribution in [2.45, 2.75) is 135 Å². The molecule has 3 saturated carbocycles. The minimum atomic E-state index is -1.14. The number of anilines is 1. The largest absolute Gasteiger partial charge is 0.491 e. The van der Waals surface area contributed by atoms with Crippen LogP contribution in [0.15, 0.2) is 23.6 Å². The summed E-state index contributed by atoms with van der Waals surface area (Å²) in [6.07, 6.45) is 7.83. The van der Waals surface area contributed by atoms with Gasteiger partial charge in [0.05, 0.1) is 48.8 Å². The molecule has 8 atom stereocenters. The van der Waals surface area contributed by atoms with Crippen LogP contribution in [-0.2, 0) is 28.7 Å². The number of carbonyl (C=O) groups is 4. The number of aliphatic carboxylic acids is 1. The first kappa shape index (κ1) is 47.4. The highest BCUT2D eigenvalue weighted by molar-refractivity contribution is 7.14. The van der Waals surface area contributed by atoms with Gasteiger partial charge in [0.25, 0.3) is 0 Å². The van der Waals surface area contributed by atoms with Gasteiger partial charge in [-0.05, 0) is 82.3 Å². The summed E-state index contributed by atoms with van der Waals surface area (Å²) in [6, 6.07) is 4.73. The Labute approximate surface area is 391 Å². The number of amides is 1. The molecule has 354 valence electrons. The molecule has 2 aromatic heterocycles. The Bertz CT molecular complexity index is 2190. The monoisotopic (exact) mass is 935 g/mol. The molecule has 2 saturated heterocycles. The smallest absolute Gasteiger partial charge is 0.310 e. The van der Waals surface area contributed by atoms with E-state index in [1.54, 1.807) is 4.90 Å². The number of rotatable bonds is 23. The number of nitrogens with zero attached hydrogens (tertiary/aromatic N) is 4. The van der Waals surface area contributed by atoms with Gasteiger partial charge in [-0.15, -0.1) is 11.3 Å². The van der Waals surface area contributed by atoms with E-state index in [1.165, 1.54) is 17.8 Å². The van der Waals surface area contributed by atoms with Gasteiger partial charge in [-0.25, -0.2) is 9.97 Å². The number of hydrogen-bond acceptors (Lipinski definition) is 13. The first-order valence-corrected chi connectivity index (χ1v) is 25.3. The fourth-order valence-electron chi connectivity index (χ4n) is 10.4. The first-order chi connectivity index (χ1) is 31.3. The maximum Gasteiger partial charge on any atom is 0.310 e. The van der Waals surface area contributed by atoms with Crippen LogP contribution in [0.4, 0.5) is 5.13 Å².